The fourth-order valence-corrected chi connectivity index (χ4v) is 4.71. The fraction of sp³-hybridized carbons (Fsp3) is 0.333. The molecule has 0 spiro atoms. The van der Waals surface area contributed by atoms with Crippen LogP contribution in [0.3, 0.4) is 0 Å². The van der Waals surface area contributed by atoms with Gasteiger partial charge in [0.05, 0.1) is 16.9 Å². The Morgan fingerprint density at radius 3 is 2.41 bits per heavy atom. The number of thiazole rings is 1. The lowest BCUT2D eigenvalue weighted by Gasteiger charge is -2.36. The first-order valence-electron chi connectivity index (χ1n) is 10.3. The molecule has 0 saturated carbocycles. The SMILES string of the molecule is Cc1c(C)c2c(c(C)c1O)C(=O)CC(C)(COc1ccc(Cc3sc(=O)[nH]c3O)cc1)O2. The van der Waals surface area contributed by atoms with Crippen molar-refractivity contribution < 1.29 is 24.5 Å². The third-order valence-corrected chi connectivity index (χ3v) is 6.78. The molecule has 0 aliphatic carbocycles. The molecular weight excluding hydrogens is 430 g/mol. The number of carbonyl (C=O) groups excluding carboxylic acids is 1. The summed E-state index contributed by atoms with van der Waals surface area (Å²) in [6.45, 7) is 7.40. The number of benzene rings is 2. The van der Waals surface area contributed by atoms with Crippen molar-refractivity contribution in [1.82, 2.24) is 4.98 Å². The largest absolute Gasteiger partial charge is 0.507 e. The maximum Gasteiger partial charge on any atom is 0.307 e. The van der Waals surface area contributed by atoms with Crippen LogP contribution in [0.4, 0.5) is 0 Å². The smallest absolute Gasteiger partial charge is 0.307 e. The second-order valence-corrected chi connectivity index (χ2v) is 9.54. The lowest BCUT2D eigenvalue weighted by atomic mass is 9.86. The van der Waals surface area contributed by atoms with Crippen molar-refractivity contribution in [2.45, 2.75) is 46.1 Å². The quantitative estimate of drug-likeness (QED) is 0.533. The molecule has 7 nitrogen and oxygen atoms in total. The molecule has 0 radical (unpaired) electrons. The fourth-order valence-electron chi connectivity index (χ4n) is 3.96. The summed E-state index contributed by atoms with van der Waals surface area (Å²) >= 11 is 0.984. The highest BCUT2D eigenvalue weighted by Gasteiger charge is 2.40. The number of fused-ring (bicyclic) bond motifs is 1. The molecule has 4 rings (SSSR count). The van der Waals surface area contributed by atoms with Gasteiger partial charge in [-0.3, -0.25) is 14.6 Å². The Morgan fingerprint density at radius 1 is 1.09 bits per heavy atom. The minimum atomic E-state index is -0.841. The molecule has 1 aliphatic heterocycles. The lowest BCUT2D eigenvalue weighted by molar-refractivity contribution is 0.0182. The van der Waals surface area contributed by atoms with E-state index in [-0.39, 0.29) is 35.3 Å². The van der Waals surface area contributed by atoms with Crippen molar-refractivity contribution in [3.63, 3.8) is 0 Å². The molecule has 1 aliphatic rings. The van der Waals surface area contributed by atoms with Crippen molar-refractivity contribution in [2.24, 2.45) is 0 Å². The van der Waals surface area contributed by atoms with Gasteiger partial charge in [0.15, 0.2) is 5.78 Å². The van der Waals surface area contributed by atoms with E-state index in [0.717, 1.165) is 22.5 Å². The standard InChI is InChI=1S/C24H25NO6S/c1-12-13(2)21-19(14(3)20(12)27)17(26)10-24(4,31-21)11-30-16-7-5-15(6-8-16)9-18-22(28)25-23(29)32-18/h5-8,27-28H,9-11H2,1-4H3,(H,25,29). The van der Waals surface area contributed by atoms with Crippen LogP contribution in [0.2, 0.25) is 0 Å². The van der Waals surface area contributed by atoms with E-state index in [1.165, 1.54) is 0 Å². The molecule has 3 aromatic rings. The maximum absolute atomic E-state index is 12.9. The van der Waals surface area contributed by atoms with Crippen molar-refractivity contribution in [2.75, 3.05) is 6.61 Å². The molecule has 0 bridgehead atoms. The van der Waals surface area contributed by atoms with Crippen LogP contribution in [-0.4, -0.2) is 33.2 Å². The number of aromatic nitrogens is 1. The molecule has 0 amide bonds. The summed E-state index contributed by atoms with van der Waals surface area (Å²) in [6, 6.07) is 7.34. The first-order chi connectivity index (χ1) is 15.1. The molecule has 0 saturated heterocycles. The van der Waals surface area contributed by atoms with E-state index in [9.17, 15) is 19.8 Å². The van der Waals surface area contributed by atoms with E-state index in [1.807, 2.05) is 32.9 Å². The summed E-state index contributed by atoms with van der Waals surface area (Å²) in [5, 5.41) is 20.1. The van der Waals surface area contributed by atoms with Gasteiger partial charge in [0, 0.05) is 12.0 Å². The predicted octanol–water partition coefficient (Wildman–Crippen LogP) is 4.17. The van der Waals surface area contributed by atoms with E-state index < -0.39 is 5.60 Å². The van der Waals surface area contributed by atoms with Crippen LogP contribution in [-0.2, 0) is 6.42 Å². The molecule has 168 valence electrons. The number of nitrogens with one attached hydrogen (secondary N) is 1. The lowest BCUT2D eigenvalue weighted by Crippen LogP contribution is -2.44. The summed E-state index contributed by atoms with van der Waals surface area (Å²) < 4.78 is 12.2. The van der Waals surface area contributed by atoms with Crippen LogP contribution in [0.5, 0.6) is 23.1 Å². The Hall–Kier alpha value is -3.26. The maximum atomic E-state index is 12.9. The monoisotopic (exact) mass is 455 g/mol. The Morgan fingerprint density at radius 2 is 1.78 bits per heavy atom. The van der Waals surface area contributed by atoms with Gasteiger partial charge in [-0.05, 0) is 56.5 Å². The van der Waals surface area contributed by atoms with Gasteiger partial charge in [0.1, 0.15) is 29.5 Å². The van der Waals surface area contributed by atoms with Gasteiger partial charge >= 0.3 is 4.87 Å². The zero-order valence-electron chi connectivity index (χ0n) is 18.4. The average Bonchev–Trinajstić information content (AvgIpc) is 3.06. The number of Topliss-reactive ketones (excluding diaryl/α,β-unsaturated/α-hetero) is 1. The number of H-pyrrole nitrogens is 1. The number of carbonyl (C=O) groups is 1. The summed E-state index contributed by atoms with van der Waals surface area (Å²) in [5.41, 5.74) is 2.53. The molecule has 2 aromatic carbocycles. The number of hydrogen-bond acceptors (Lipinski definition) is 7. The van der Waals surface area contributed by atoms with Crippen LogP contribution in [0.15, 0.2) is 29.1 Å². The first kappa shape index (κ1) is 22.0. The number of aromatic amines is 1. The molecule has 2 heterocycles. The number of phenolic OH excluding ortho intramolecular Hbond substituents is 1. The zero-order valence-corrected chi connectivity index (χ0v) is 19.2. The molecule has 8 heteroatoms. The summed E-state index contributed by atoms with van der Waals surface area (Å²) in [6.07, 6.45) is 0.582. The Kier molecular flexibility index (Phi) is 5.50. The number of phenols is 1. The van der Waals surface area contributed by atoms with Gasteiger partial charge in [-0.1, -0.05) is 23.5 Å². The van der Waals surface area contributed by atoms with E-state index in [2.05, 4.69) is 4.98 Å². The number of hydrogen-bond donors (Lipinski definition) is 3. The average molecular weight is 456 g/mol. The summed E-state index contributed by atoms with van der Waals surface area (Å²) in [5.74, 6) is 1.10. The van der Waals surface area contributed by atoms with Crippen LogP contribution in [0.1, 0.15) is 50.8 Å². The summed E-state index contributed by atoms with van der Waals surface area (Å²) in [7, 11) is 0. The molecule has 1 unspecified atom stereocenters. The van der Waals surface area contributed by atoms with E-state index >= 15 is 0 Å². The van der Waals surface area contributed by atoms with E-state index in [0.29, 0.717) is 39.5 Å². The van der Waals surface area contributed by atoms with Gasteiger partial charge in [-0.25, -0.2) is 0 Å². The van der Waals surface area contributed by atoms with Gasteiger partial charge < -0.3 is 19.7 Å². The Balaban J connectivity index is 1.48. The summed E-state index contributed by atoms with van der Waals surface area (Å²) in [4.78, 5) is 26.9. The third-order valence-electron chi connectivity index (χ3n) is 5.91. The first-order valence-corrected chi connectivity index (χ1v) is 11.1. The Labute approximate surface area is 189 Å². The Bertz CT molecular complexity index is 1260. The van der Waals surface area contributed by atoms with Crippen LogP contribution in [0, 0.1) is 20.8 Å². The minimum Gasteiger partial charge on any atom is -0.507 e. The van der Waals surface area contributed by atoms with Crippen LogP contribution >= 0.6 is 11.3 Å². The van der Waals surface area contributed by atoms with E-state index in [1.54, 1.807) is 19.1 Å². The van der Waals surface area contributed by atoms with Crippen LogP contribution in [0.25, 0.3) is 0 Å². The highest BCUT2D eigenvalue weighted by molar-refractivity contribution is 7.09. The molecule has 0 fully saturated rings. The second-order valence-electron chi connectivity index (χ2n) is 8.48. The highest BCUT2D eigenvalue weighted by Crippen LogP contribution is 2.43. The van der Waals surface area contributed by atoms with Crippen molar-refractivity contribution in [3.05, 3.63) is 66.6 Å². The molecule has 32 heavy (non-hydrogen) atoms. The molecular formula is C24H25NO6S. The second kappa shape index (κ2) is 8.02. The van der Waals surface area contributed by atoms with Crippen LogP contribution < -0.4 is 14.3 Å². The normalized spacial score (nSPS) is 17.7. The highest BCUT2D eigenvalue weighted by atomic mass is 32.1. The minimum absolute atomic E-state index is 0.0751. The third kappa shape index (κ3) is 3.98. The van der Waals surface area contributed by atoms with Gasteiger partial charge in [-0.15, -0.1) is 0 Å². The number of aromatic hydroxyl groups is 2. The van der Waals surface area contributed by atoms with Crippen molar-refractivity contribution in [1.29, 1.82) is 0 Å². The van der Waals surface area contributed by atoms with Crippen molar-refractivity contribution >= 4 is 17.1 Å². The van der Waals surface area contributed by atoms with Gasteiger partial charge in [0.2, 0.25) is 5.88 Å². The molecule has 3 N–H and O–H groups in total. The molecule has 1 atom stereocenters. The zero-order chi connectivity index (χ0) is 23.2. The number of ether oxygens (including phenoxy) is 2. The predicted molar refractivity (Wildman–Crippen MR) is 122 cm³/mol. The van der Waals surface area contributed by atoms with Crippen molar-refractivity contribution in [3.8, 4) is 23.1 Å². The number of rotatable bonds is 5. The molecule has 1 aromatic heterocycles. The van der Waals surface area contributed by atoms with Gasteiger partial charge in [0.25, 0.3) is 0 Å². The number of ketones is 1. The van der Waals surface area contributed by atoms with E-state index in [4.69, 9.17) is 9.47 Å². The topological polar surface area (TPSA) is 109 Å². The van der Waals surface area contributed by atoms with Gasteiger partial charge in [-0.2, -0.15) is 0 Å².